The molecule has 0 aromatic heterocycles. The lowest BCUT2D eigenvalue weighted by molar-refractivity contribution is 0.438. The molecule has 1 unspecified atom stereocenters. The number of nitrogens with two attached hydrogens (primary N) is 1. The molecule has 0 rings (SSSR count). The lowest BCUT2D eigenvalue weighted by Crippen LogP contribution is -2.32. The van der Waals surface area contributed by atoms with E-state index >= 15 is 0 Å². The third-order valence-electron chi connectivity index (χ3n) is 1.49. The van der Waals surface area contributed by atoms with Crippen LogP contribution in [-0.4, -0.2) is 17.6 Å². The number of rotatable bonds is 4. The average Bonchev–Trinajstić information content (AvgIpc) is 1.83. The van der Waals surface area contributed by atoms with Gasteiger partial charge in [-0.1, -0.05) is 0 Å². The summed E-state index contributed by atoms with van der Waals surface area (Å²) < 4.78 is 0. The molecule has 0 spiro atoms. The zero-order valence-corrected chi connectivity index (χ0v) is 7.52. The highest BCUT2D eigenvalue weighted by molar-refractivity contribution is 5.36. The van der Waals surface area contributed by atoms with Crippen molar-refractivity contribution in [2.24, 2.45) is 10.7 Å². The lowest BCUT2D eigenvalue weighted by atomic mass is 9.98. The number of nitrogens with one attached hydrogen (secondary N) is 1. The maximum absolute atomic E-state index is 6.62. The lowest BCUT2D eigenvalue weighted by Gasteiger charge is -2.18. The van der Waals surface area contributed by atoms with Crippen molar-refractivity contribution in [3.8, 4) is 0 Å². The van der Waals surface area contributed by atoms with E-state index in [2.05, 4.69) is 4.99 Å². The molecule has 0 heterocycles. The Morgan fingerprint density at radius 3 is 2.55 bits per heavy atom. The van der Waals surface area contributed by atoms with Crippen LogP contribution in [0.25, 0.3) is 0 Å². The van der Waals surface area contributed by atoms with E-state index < -0.39 is 0 Å². The fourth-order valence-corrected chi connectivity index (χ4v) is 0.756. The van der Waals surface area contributed by atoms with Crippen LogP contribution in [0.1, 0.15) is 33.6 Å². The van der Waals surface area contributed by atoms with Crippen LogP contribution in [-0.2, 0) is 0 Å². The van der Waals surface area contributed by atoms with Crippen molar-refractivity contribution in [3.63, 3.8) is 0 Å². The van der Waals surface area contributed by atoms with Crippen LogP contribution in [0.5, 0.6) is 0 Å². The molecule has 0 bridgehead atoms. The van der Waals surface area contributed by atoms with E-state index in [-0.39, 0.29) is 11.6 Å². The Morgan fingerprint density at radius 1 is 1.64 bits per heavy atom. The molecule has 3 heteroatoms. The molecular weight excluding hydrogens is 138 g/mol. The normalized spacial score (nSPS) is 13.8. The smallest absolute Gasteiger partial charge is 0.0864 e. The maximum atomic E-state index is 6.62. The Bertz CT molecular complexity index is 151. The first-order valence-corrected chi connectivity index (χ1v) is 3.86. The van der Waals surface area contributed by atoms with E-state index in [4.69, 9.17) is 11.1 Å². The van der Waals surface area contributed by atoms with Gasteiger partial charge < -0.3 is 5.73 Å². The monoisotopic (exact) mass is 155 g/mol. The quantitative estimate of drug-likeness (QED) is 0.596. The molecule has 0 aromatic carbocycles. The van der Waals surface area contributed by atoms with Gasteiger partial charge >= 0.3 is 0 Å². The number of nitrogens with zero attached hydrogens (tertiary/aromatic N) is 1. The van der Waals surface area contributed by atoms with Gasteiger partial charge in [0.2, 0.25) is 0 Å². The second-order valence-electron chi connectivity index (χ2n) is 3.62. The van der Waals surface area contributed by atoms with E-state index in [0.29, 0.717) is 0 Å². The zero-order chi connectivity index (χ0) is 8.91. The standard InChI is InChI=1S/C8H17N3/c1-7(11-6-9)4-5-8(2,3)10/h7,9H,4-5,10H2,1-3H3. The van der Waals surface area contributed by atoms with Gasteiger partial charge in [0.1, 0.15) is 0 Å². The Kier molecular flexibility index (Phi) is 4.01. The predicted octanol–water partition coefficient (Wildman–Crippen LogP) is 1.65. The van der Waals surface area contributed by atoms with Gasteiger partial charge in [-0.05, 0) is 33.6 Å². The van der Waals surface area contributed by atoms with Crippen LogP contribution in [0.4, 0.5) is 0 Å². The second-order valence-corrected chi connectivity index (χ2v) is 3.62. The molecule has 0 saturated heterocycles. The van der Waals surface area contributed by atoms with Crippen molar-refractivity contribution in [2.75, 3.05) is 0 Å². The van der Waals surface area contributed by atoms with Crippen molar-refractivity contribution < 1.29 is 0 Å². The summed E-state index contributed by atoms with van der Waals surface area (Å²) in [6.07, 6.45) is 1.86. The van der Waals surface area contributed by atoms with E-state index in [1.165, 1.54) is 0 Å². The average molecular weight is 155 g/mol. The molecule has 0 aliphatic carbocycles. The molecule has 3 N–H and O–H groups in total. The Balaban J connectivity index is 3.62. The molecule has 0 radical (unpaired) electrons. The van der Waals surface area contributed by atoms with Crippen LogP contribution in [0.2, 0.25) is 0 Å². The molecular formula is C8H17N3. The third kappa shape index (κ3) is 7.23. The van der Waals surface area contributed by atoms with Gasteiger partial charge in [0.15, 0.2) is 0 Å². The molecule has 3 nitrogen and oxygen atoms in total. The highest BCUT2D eigenvalue weighted by Crippen LogP contribution is 2.10. The molecule has 0 fully saturated rings. The van der Waals surface area contributed by atoms with Gasteiger partial charge in [0.25, 0.3) is 0 Å². The minimum atomic E-state index is -0.119. The van der Waals surface area contributed by atoms with Gasteiger partial charge in [-0.2, -0.15) is 0 Å². The summed E-state index contributed by atoms with van der Waals surface area (Å²) in [5.41, 5.74) is 5.65. The Hall–Kier alpha value is -0.660. The maximum Gasteiger partial charge on any atom is 0.0864 e. The molecule has 64 valence electrons. The molecule has 0 aliphatic rings. The predicted molar refractivity (Wildman–Crippen MR) is 47.1 cm³/mol. The van der Waals surface area contributed by atoms with Crippen molar-refractivity contribution >= 4 is 6.01 Å². The topological polar surface area (TPSA) is 62.2 Å². The first kappa shape index (κ1) is 10.3. The van der Waals surface area contributed by atoms with Crippen LogP contribution < -0.4 is 5.73 Å². The van der Waals surface area contributed by atoms with Crippen molar-refractivity contribution in [3.05, 3.63) is 0 Å². The molecule has 1 atom stereocenters. The summed E-state index contributed by atoms with van der Waals surface area (Å²) in [5.74, 6) is 0. The summed E-state index contributed by atoms with van der Waals surface area (Å²) in [4.78, 5) is 3.79. The van der Waals surface area contributed by atoms with Crippen LogP contribution >= 0.6 is 0 Å². The van der Waals surface area contributed by atoms with Gasteiger partial charge in [-0.25, -0.2) is 10.4 Å². The molecule has 0 amide bonds. The minimum Gasteiger partial charge on any atom is -0.326 e. The fraction of sp³-hybridized carbons (Fsp3) is 0.875. The van der Waals surface area contributed by atoms with E-state index in [1.54, 1.807) is 0 Å². The largest absolute Gasteiger partial charge is 0.326 e. The third-order valence-corrected chi connectivity index (χ3v) is 1.49. The first-order valence-electron chi connectivity index (χ1n) is 3.86. The Labute approximate surface area is 68.2 Å². The molecule has 0 aromatic rings. The summed E-state index contributed by atoms with van der Waals surface area (Å²) in [6.45, 7) is 5.95. The second kappa shape index (κ2) is 4.27. The zero-order valence-electron chi connectivity index (χ0n) is 7.52. The number of aliphatic imine (C=N–C) groups is 1. The van der Waals surface area contributed by atoms with Crippen molar-refractivity contribution in [1.82, 2.24) is 0 Å². The first-order chi connectivity index (χ1) is 4.95. The van der Waals surface area contributed by atoms with E-state index in [9.17, 15) is 0 Å². The fourth-order valence-electron chi connectivity index (χ4n) is 0.756. The highest BCUT2D eigenvalue weighted by atomic mass is 14.8. The van der Waals surface area contributed by atoms with Gasteiger partial charge in [0.05, 0.1) is 12.1 Å². The van der Waals surface area contributed by atoms with Crippen molar-refractivity contribution in [1.29, 1.82) is 5.41 Å². The van der Waals surface area contributed by atoms with Crippen LogP contribution in [0.3, 0.4) is 0 Å². The van der Waals surface area contributed by atoms with Crippen molar-refractivity contribution in [2.45, 2.75) is 45.2 Å². The SMILES string of the molecule is CC(CCC(C)(C)N)N=C=N. The minimum absolute atomic E-state index is 0.119. The summed E-state index contributed by atoms with van der Waals surface area (Å²) in [5, 5.41) is 6.62. The van der Waals surface area contributed by atoms with Crippen LogP contribution in [0, 0.1) is 5.41 Å². The van der Waals surface area contributed by atoms with Gasteiger partial charge in [-0.3, -0.25) is 0 Å². The summed E-state index contributed by atoms with van der Waals surface area (Å²) in [6, 6.07) is 2.21. The number of hydrogen-bond donors (Lipinski definition) is 2. The van der Waals surface area contributed by atoms with Gasteiger partial charge in [-0.15, -0.1) is 0 Å². The number of hydrogen-bond acceptors (Lipinski definition) is 3. The summed E-state index contributed by atoms with van der Waals surface area (Å²) >= 11 is 0. The molecule has 0 saturated carbocycles. The van der Waals surface area contributed by atoms with Crippen LogP contribution in [0.15, 0.2) is 4.99 Å². The molecule has 11 heavy (non-hydrogen) atoms. The highest BCUT2D eigenvalue weighted by Gasteiger charge is 2.11. The molecule has 0 aliphatic heterocycles. The Morgan fingerprint density at radius 2 is 2.18 bits per heavy atom. The summed E-state index contributed by atoms with van der Waals surface area (Å²) in [7, 11) is 0. The van der Waals surface area contributed by atoms with Gasteiger partial charge in [0, 0.05) is 5.54 Å². The van der Waals surface area contributed by atoms with E-state index in [0.717, 1.165) is 12.8 Å². The van der Waals surface area contributed by atoms with E-state index in [1.807, 2.05) is 26.8 Å².